The quantitative estimate of drug-likeness (QED) is 0.838. The maximum atomic E-state index is 12.3. The average Bonchev–Trinajstić information content (AvgIpc) is 2.59. The van der Waals surface area contributed by atoms with Crippen LogP contribution in [-0.2, 0) is 5.41 Å². The van der Waals surface area contributed by atoms with E-state index in [0.717, 1.165) is 5.56 Å². The molecule has 0 unspecified atom stereocenters. The number of hydrogen-bond acceptors (Lipinski definition) is 3. The molecule has 0 saturated heterocycles. The van der Waals surface area contributed by atoms with Crippen molar-refractivity contribution in [3.05, 3.63) is 65.2 Å². The molecule has 5 nitrogen and oxygen atoms in total. The third-order valence-corrected chi connectivity index (χ3v) is 3.73. The molecule has 5 heteroatoms. The van der Waals surface area contributed by atoms with Crippen LogP contribution >= 0.6 is 0 Å². The van der Waals surface area contributed by atoms with Gasteiger partial charge in [0.25, 0.3) is 11.8 Å². The maximum Gasteiger partial charge on any atom is 0.273 e. The zero-order chi connectivity index (χ0) is 18.4. The Morgan fingerprint density at radius 1 is 0.920 bits per heavy atom. The maximum absolute atomic E-state index is 12.3. The number of ether oxygens (including phenoxy) is 1. The Bertz CT molecular complexity index is 746. The van der Waals surface area contributed by atoms with Crippen LogP contribution in [0.25, 0.3) is 0 Å². The monoisotopic (exact) mass is 340 g/mol. The molecule has 0 aliphatic rings. The molecule has 0 fully saturated rings. The summed E-state index contributed by atoms with van der Waals surface area (Å²) in [6, 6.07) is 14.2. The second-order valence-electron chi connectivity index (χ2n) is 6.66. The number of carbonyl (C=O) groups is 2. The molecular formula is C20H24N2O3. The van der Waals surface area contributed by atoms with Gasteiger partial charge in [0.2, 0.25) is 0 Å². The number of hydrazine groups is 1. The summed E-state index contributed by atoms with van der Waals surface area (Å²) in [7, 11) is 0. The van der Waals surface area contributed by atoms with E-state index in [0.29, 0.717) is 23.5 Å². The van der Waals surface area contributed by atoms with Gasteiger partial charge in [-0.05, 0) is 42.2 Å². The zero-order valence-electron chi connectivity index (χ0n) is 15.1. The van der Waals surface area contributed by atoms with Gasteiger partial charge in [-0.2, -0.15) is 0 Å². The Kier molecular flexibility index (Phi) is 5.80. The first kappa shape index (κ1) is 18.5. The number of para-hydroxylation sites is 1. The number of amides is 2. The van der Waals surface area contributed by atoms with Gasteiger partial charge in [0.15, 0.2) is 0 Å². The van der Waals surface area contributed by atoms with Gasteiger partial charge >= 0.3 is 0 Å². The van der Waals surface area contributed by atoms with E-state index in [1.54, 1.807) is 36.4 Å². The van der Waals surface area contributed by atoms with E-state index in [-0.39, 0.29) is 11.3 Å². The SMILES string of the molecule is CCOc1ccccc1C(=O)NNC(=O)c1ccc(C(C)(C)C)cc1. The minimum atomic E-state index is -0.427. The summed E-state index contributed by atoms with van der Waals surface area (Å²) in [6.45, 7) is 8.63. The van der Waals surface area contributed by atoms with Crippen molar-refractivity contribution in [2.75, 3.05) is 6.61 Å². The van der Waals surface area contributed by atoms with E-state index in [4.69, 9.17) is 4.74 Å². The highest BCUT2D eigenvalue weighted by molar-refractivity contribution is 6.00. The first-order valence-electron chi connectivity index (χ1n) is 8.26. The third kappa shape index (κ3) is 4.83. The van der Waals surface area contributed by atoms with Crippen molar-refractivity contribution in [2.24, 2.45) is 0 Å². The Hall–Kier alpha value is -2.82. The van der Waals surface area contributed by atoms with Crippen molar-refractivity contribution in [1.82, 2.24) is 10.9 Å². The molecule has 132 valence electrons. The van der Waals surface area contributed by atoms with Gasteiger partial charge in [0.05, 0.1) is 12.2 Å². The number of rotatable bonds is 4. The van der Waals surface area contributed by atoms with Crippen LogP contribution < -0.4 is 15.6 Å². The molecule has 0 aliphatic heterocycles. The summed E-state index contributed by atoms with van der Waals surface area (Å²) in [6.07, 6.45) is 0. The summed E-state index contributed by atoms with van der Waals surface area (Å²) >= 11 is 0. The summed E-state index contributed by atoms with van der Waals surface area (Å²) in [4.78, 5) is 24.5. The second-order valence-corrected chi connectivity index (χ2v) is 6.66. The van der Waals surface area contributed by atoms with E-state index >= 15 is 0 Å². The van der Waals surface area contributed by atoms with Crippen LogP contribution in [0.3, 0.4) is 0 Å². The average molecular weight is 340 g/mol. The predicted octanol–water partition coefficient (Wildman–Crippen LogP) is 3.46. The summed E-state index contributed by atoms with van der Waals surface area (Å²) in [5.41, 5.74) is 6.86. The van der Waals surface area contributed by atoms with Crippen molar-refractivity contribution in [2.45, 2.75) is 33.1 Å². The van der Waals surface area contributed by atoms with Crippen LogP contribution in [0.15, 0.2) is 48.5 Å². The molecule has 0 aromatic heterocycles. The molecule has 0 bridgehead atoms. The number of benzene rings is 2. The van der Waals surface area contributed by atoms with Gasteiger partial charge in [-0.1, -0.05) is 45.0 Å². The molecule has 2 rings (SSSR count). The molecule has 0 spiro atoms. The standard InChI is InChI=1S/C20H24N2O3/c1-5-25-17-9-7-6-8-16(17)19(24)22-21-18(23)14-10-12-15(13-11-14)20(2,3)4/h6-13H,5H2,1-4H3,(H,21,23)(H,22,24). The molecule has 25 heavy (non-hydrogen) atoms. The molecular weight excluding hydrogens is 316 g/mol. The summed E-state index contributed by atoms with van der Waals surface area (Å²) in [5, 5.41) is 0. The Morgan fingerprint density at radius 3 is 2.12 bits per heavy atom. The van der Waals surface area contributed by atoms with E-state index in [9.17, 15) is 9.59 Å². The van der Waals surface area contributed by atoms with Crippen LogP contribution in [-0.4, -0.2) is 18.4 Å². The van der Waals surface area contributed by atoms with Gasteiger partial charge in [-0.15, -0.1) is 0 Å². The Morgan fingerprint density at radius 2 is 1.52 bits per heavy atom. The highest BCUT2D eigenvalue weighted by Gasteiger charge is 2.16. The van der Waals surface area contributed by atoms with Crippen LogP contribution in [0.2, 0.25) is 0 Å². The third-order valence-electron chi connectivity index (χ3n) is 3.73. The highest BCUT2D eigenvalue weighted by Crippen LogP contribution is 2.22. The highest BCUT2D eigenvalue weighted by atomic mass is 16.5. The smallest absolute Gasteiger partial charge is 0.273 e. The van der Waals surface area contributed by atoms with Crippen LogP contribution in [0.1, 0.15) is 54.0 Å². The number of hydrogen-bond donors (Lipinski definition) is 2. The Balaban J connectivity index is 2.01. The van der Waals surface area contributed by atoms with Crippen LogP contribution in [0.4, 0.5) is 0 Å². The zero-order valence-corrected chi connectivity index (χ0v) is 15.1. The fourth-order valence-electron chi connectivity index (χ4n) is 2.31. The lowest BCUT2D eigenvalue weighted by atomic mass is 9.87. The van der Waals surface area contributed by atoms with Crippen LogP contribution in [0, 0.1) is 0 Å². The van der Waals surface area contributed by atoms with Crippen molar-refractivity contribution < 1.29 is 14.3 Å². The fourth-order valence-corrected chi connectivity index (χ4v) is 2.31. The first-order valence-corrected chi connectivity index (χ1v) is 8.26. The van der Waals surface area contributed by atoms with Crippen molar-refractivity contribution in [1.29, 1.82) is 0 Å². The molecule has 2 amide bonds. The van der Waals surface area contributed by atoms with Gasteiger partial charge < -0.3 is 4.74 Å². The van der Waals surface area contributed by atoms with E-state index in [2.05, 4.69) is 31.6 Å². The molecule has 2 N–H and O–H groups in total. The lowest BCUT2D eigenvalue weighted by molar-refractivity contribution is 0.0844. The normalized spacial score (nSPS) is 10.9. The number of carbonyl (C=O) groups excluding carboxylic acids is 2. The van der Waals surface area contributed by atoms with Crippen molar-refractivity contribution >= 4 is 11.8 Å². The molecule has 0 radical (unpaired) electrons. The topological polar surface area (TPSA) is 67.4 Å². The molecule has 2 aromatic carbocycles. The molecule has 2 aromatic rings. The largest absolute Gasteiger partial charge is 0.493 e. The predicted molar refractivity (Wildman–Crippen MR) is 97.7 cm³/mol. The summed E-state index contributed by atoms with van der Waals surface area (Å²) in [5.74, 6) is -0.322. The first-order chi connectivity index (χ1) is 11.8. The van der Waals surface area contributed by atoms with E-state index in [1.807, 2.05) is 19.1 Å². The van der Waals surface area contributed by atoms with Crippen molar-refractivity contribution in [3.8, 4) is 5.75 Å². The van der Waals surface area contributed by atoms with Gasteiger partial charge in [-0.25, -0.2) is 0 Å². The lowest BCUT2D eigenvalue weighted by Gasteiger charge is -2.19. The van der Waals surface area contributed by atoms with Crippen molar-refractivity contribution in [3.63, 3.8) is 0 Å². The molecule has 0 atom stereocenters. The Labute approximate surface area is 148 Å². The molecule has 0 heterocycles. The van der Waals surface area contributed by atoms with Gasteiger partial charge in [0, 0.05) is 5.56 Å². The summed E-state index contributed by atoms with van der Waals surface area (Å²) < 4.78 is 5.42. The molecule has 0 saturated carbocycles. The van der Waals surface area contributed by atoms with Gasteiger partial charge in [-0.3, -0.25) is 20.4 Å². The fraction of sp³-hybridized carbons (Fsp3) is 0.300. The van der Waals surface area contributed by atoms with E-state index < -0.39 is 5.91 Å². The van der Waals surface area contributed by atoms with Gasteiger partial charge in [0.1, 0.15) is 5.75 Å². The number of nitrogens with one attached hydrogen (secondary N) is 2. The lowest BCUT2D eigenvalue weighted by Crippen LogP contribution is -2.41. The minimum Gasteiger partial charge on any atom is -0.493 e. The molecule has 0 aliphatic carbocycles. The minimum absolute atomic E-state index is 0.0200. The van der Waals surface area contributed by atoms with Crippen LogP contribution in [0.5, 0.6) is 5.75 Å². The second kappa shape index (κ2) is 7.83. The van der Waals surface area contributed by atoms with E-state index in [1.165, 1.54) is 0 Å².